The fourth-order valence-corrected chi connectivity index (χ4v) is 2.62. The number of hydrogen-bond acceptors (Lipinski definition) is 2. The van der Waals surface area contributed by atoms with Crippen LogP contribution in [0.15, 0.2) is 0 Å². The second kappa shape index (κ2) is 6.49. The van der Waals surface area contributed by atoms with Crippen LogP contribution in [0.1, 0.15) is 47.0 Å². The molecule has 1 heterocycles. The molecular weight excluding hydrogens is 184 g/mol. The van der Waals surface area contributed by atoms with Gasteiger partial charge in [0.2, 0.25) is 0 Å². The van der Waals surface area contributed by atoms with Gasteiger partial charge >= 0.3 is 0 Å². The number of nitrogens with zero attached hydrogens (tertiary/aromatic N) is 1. The largest absolute Gasteiger partial charge is 0.313 e. The zero-order chi connectivity index (χ0) is 11.3. The van der Waals surface area contributed by atoms with Gasteiger partial charge in [0.1, 0.15) is 0 Å². The molecule has 0 spiro atoms. The Morgan fingerprint density at radius 1 is 1.33 bits per heavy atom. The van der Waals surface area contributed by atoms with Crippen molar-refractivity contribution in [2.24, 2.45) is 5.92 Å². The van der Waals surface area contributed by atoms with E-state index in [0.29, 0.717) is 6.04 Å². The lowest BCUT2D eigenvalue weighted by Crippen LogP contribution is -2.45. The van der Waals surface area contributed by atoms with E-state index in [1.807, 2.05) is 0 Å². The molecule has 1 aliphatic heterocycles. The van der Waals surface area contributed by atoms with Crippen molar-refractivity contribution >= 4 is 0 Å². The summed E-state index contributed by atoms with van der Waals surface area (Å²) in [7, 11) is 0. The third-order valence-electron chi connectivity index (χ3n) is 3.67. The maximum atomic E-state index is 3.61. The fraction of sp³-hybridized carbons (Fsp3) is 1.00. The predicted molar refractivity (Wildman–Crippen MR) is 67.2 cm³/mol. The zero-order valence-corrected chi connectivity index (χ0v) is 10.9. The molecule has 1 aliphatic rings. The minimum Gasteiger partial charge on any atom is -0.313 e. The van der Waals surface area contributed by atoms with Crippen LogP contribution in [0.3, 0.4) is 0 Å². The number of likely N-dealkylation sites (N-methyl/N-ethyl adjacent to an activating group) is 1. The van der Waals surface area contributed by atoms with Crippen LogP contribution >= 0.6 is 0 Å². The van der Waals surface area contributed by atoms with Gasteiger partial charge in [-0.1, -0.05) is 27.7 Å². The standard InChI is InChI=1S/C13H28N2/c1-5-12-8-7-9-15(12)10-13(11(3)4)14-6-2/h11-14H,5-10H2,1-4H3. The predicted octanol–water partition coefficient (Wildman–Crippen LogP) is 2.49. The summed E-state index contributed by atoms with van der Waals surface area (Å²) in [6.07, 6.45) is 4.12. The summed E-state index contributed by atoms with van der Waals surface area (Å²) in [5.74, 6) is 0.739. The average molecular weight is 212 g/mol. The molecule has 2 heteroatoms. The van der Waals surface area contributed by atoms with Crippen LogP contribution in [-0.2, 0) is 0 Å². The van der Waals surface area contributed by atoms with Crippen LogP contribution in [0.2, 0.25) is 0 Å². The van der Waals surface area contributed by atoms with Crippen molar-refractivity contribution < 1.29 is 0 Å². The lowest BCUT2D eigenvalue weighted by molar-refractivity contribution is 0.201. The molecular formula is C13H28N2. The van der Waals surface area contributed by atoms with Gasteiger partial charge in [0.25, 0.3) is 0 Å². The van der Waals surface area contributed by atoms with Gasteiger partial charge in [-0.15, -0.1) is 0 Å². The van der Waals surface area contributed by atoms with Crippen molar-refractivity contribution in [3.8, 4) is 0 Å². The Bertz CT molecular complexity index is 168. The smallest absolute Gasteiger partial charge is 0.0217 e. The normalized spacial score (nSPS) is 25.0. The average Bonchev–Trinajstić information content (AvgIpc) is 2.64. The Morgan fingerprint density at radius 3 is 2.60 bits per heavy atom. The molecule has 2 nitrogen and oxygen atoms in total. The second-order valence-electron chi connectivity index (χ2n) is 5.11. The van der Waals surface area contributed by atoms with Gasteiger partial charge in [-0.25, -0.2) is 0 Å². The van der Waals surface area contributed by atoms with E-state index in [1.165, 1.54) is 32.4 Å². The maximum Gasteiger partial charge on any atom is 0.0217 e. The minimum atomic E-state index is 0.669. The third kappa shape index (κ3) is 3.76. The lowest BCUT2D eigenvalue weighted by atomic mass is 10.0. The summed E-state index contributed by atoms with van der Waals surface area (Å²) in [6, 6.07) is 1.52. The van der Waals surface area contributed by atoms with Gasteiger partial charge < -0.3 is 5.32 Å². The lowest BCUT2D eigenvalue weighted by Gasteiger charge is -2.31. The summed E-state index contributed by atoms with van der Waals surface area (Å²) in [5, 5.41) is 3.61. The van der Waals surface area contributed by atoms with E-state index in [9.17, 15) is 0 Å². The number of nitrogens with one attached hydrogen (secondary N) is 1. The molecule has 15 heavy (non-hydrogen) atoms. The Morgan fingerprint density at radius 2 is 2.07 bits per heavy atom. The molecule has 0 amide bonds. The number of hydrogen-bond donors (Lipinski definition) is 1. The monoisotopic (exact) mass is 212 g/mol. The SMILES string of the molecule is CCNC(CN1CCCC1CC)C(C)C. The number of likely N-dealkylation sites (tertiary alicyclic amines) is 1. The first kappa shape index (κ1) is 13.0. The molecule has 0 aromatic carbocycles. The molecule has 0 aromatic heterocycles. The molecule has 1 fully saturated rings. The van der Waals surface area contributed by atoms with Crippen LogP contribution in [0.25, 0.3) is 0 Å². The second-order valence-corrected chi connectivity index (χ2v) is 5.11. The molecule has 1 N–H and O–H groups in total. The van der Waals surface area contributed by atoms with Gasteiger partial charge in [0, 0.05) is 18.6 Å². The van der Waals surface area contributed by atoms with Crippen LogP contribution in [-0.4, -0.2) is 36.6 Å². The quantitative estimate of drug-likeness (QED) is 0.728. The maximum absolute atomic E-state index is 3.61. The van der Waals surface area contributed by atoms with E-state index in [2.05, 4.69) is 37.9 Å². The van der Waals surface area contributed by atoms with Gasteiger partial charge in [0.05, 0.1) is 0 Å². The van der Waals surface area contributed by atoms with E-state index in [0.717, 1.165) is 18.5 Å². The van der Waals surface area contributed by atoms with Crippen molar-refractivity contribution in [3.63, 3.8) is 0 Å². The first-order valence-electron chi connectivity index (χ1n) is 6.66. The highest BCUT2D eigenvalue weighted by atomic mass is 15.2. The van der Waals surface area contributed by atoms with E-state index in [1.54, 1.807) is 0 Å². The van der Waals surface area contributed by atoms with E-state index in [4.69, 9.17) is 0 Å². The van der Waals surface area contributed by atoms with Crippen molar-refractivity contribution in [1.82, 2.24) is 10.2 Å². The first-order chi connectivity index (χ1) is 7.19. The summed E-state index contributed by atoms with van der Waals surface area (Å²) < 4.78 is 0. The fourth-order valence-electron chi connectivity index (χ4n) is 2.62. The molecule has 0 saturated carbocycles. The van der Waals surface area contributed by atoms with Gasteiger partial charge in [0.15, 0.2) is 0 Å². The van der Waals surface area contributed by atoms with Crippen molar-refractivity contribution in [1.29, 1.82) is 0 Å². The summed E-state index contributed by atoms with van der Waals surface area (Å²) in [4.78, 5) is 2.69. The highest BCUT2D eigenvalue weighted by Gasteiger charge is 2.25. The Hall–Kier alpha value is -0.0800. The van der Waals surface area contributed by atoms with Crippen LogP contribution in [0.4, 0.5) is 0 Å². The van der Waals surface area contributed by atoms with Crippen molar-refractivity contribution in [2.75, 3.05) is 19.6 Å². The van der Waals surface area contributed by atoms with Crippen LogP contribution in [0.5, 0.6) is 0 Å². The first-order valence-corrected chi connectivity index (χ1v) is 6.66. The summed E-state index contributed by atoms with van der Waals surface area (Å²) in [6.45, 7) is 12.8. The number of rotatable bonds is 6. The highest BCUT2D eigenvalue weighted by molar-refractivity contribution is 4.83. The summed E-state index contributed by atoms with van der Waals surface area (Å²) in [5.41, 5.74) is 0. The highest BCUT2D eigenvalue weighted by Crippen LogP contribution is 2.20. The topological polar surface area (TPSA) is 15.3 Å². The molecule has 2 unspecified atom stereocenters. The molecule has 1 saturated heterocycles. The Labute approximate surface area is 95.4 Å². The van der Waals surface area contributed by atoms with Crippen LogP contribution in [0, 0.1) is 5.92 Å². The molecule has 0 aliphatic carbocycles. The Kier molecular flexibility index (Phi) is 5.62. The van der Waals surface area contributed by atoms with E-state index >= 15 is 0 Å². The third-order valence-corrected chi connectivity index (χ3v) is 3.67. The van der Waals surface area contributed by atoms with Gasteiger partial charge in [-0.05, 0) is 38.3 Å². The molecule has 0 bridgehead atoms. The molecule has 0 radical (unpaired) electrons. The van der Waals surface area contributed by atoms with Gasteiger partial charge in [-0.2, -0.15) is 0 Å². The molecule has 0 aromatic rings. The van der Waals surface area contributed by atoms with E-state index < -0.39 is 0 Å². The Balaban J connectivity index is 2.42. The van der Waals surface area contributed by atoms with Crippen molar-refractivity contribution in [3.05, 3.63) is 0 Å². The summed E-state index contributed by atoms with van der Waals surface area (Å²) >= 11 is 0. The van der Waals surface area contributed by atoms with Crippen LogP contribution < -0.4 is 5.32 Å². The van der Waals surface area contributed by atoms with E-state index in [-0.39, 0.29) is 0 Å². The molecule has 2 atom stereocenters. The molecule has 90 valence electrons. The molecule has 1 rings (SSSR count). The zero-order valence-electron chi connectivity index (χ0n) is 10.9. The van der Waals surface area contributed by atoms with Gasteiger partial charge in [-0.3, -0.25) is 4.90 Å². The van der Waals surface area contributed by atoms with Crippen molar-refractivity contribution in [2.45, 2.75) is 59.0 Å². The minimum absolute atomic E-state index is 0.669.